The summed E-state index contributed by atoms with van der Waals surface area (Å²) in [5.41, 5.74) is 5.89. The van der Waals surface area contributed by atoms with E-state index >= 15 is 0 Å². The lowest BCUT2D eigenvalue weighted by Gasteiger charge is -2.24. The topological polar surface area (TPSA) is 199 Å². The number of imidazole rings is 1. The molecule has 17 heteroatoms. The maximum atomic E-state index is 13.8. The minimum absolute atomic E-state index is 0.0109. The van der Waals surface area contributed by atoms with Crippen molar-refractivity contribution in [2.24, 2.45) is 11.3 Å². The average molecular weight is 647 g/mol. The first-order valence-corrected chi connectivity index (χ1v) is 16.7. The first-order chi connectivity index (χ1) is 20.2. The van der Waals surface area contributed by atoms with Gasteiger partial charge in [0, 0.05) is 11.7 Å². The average Bonchev–Trinajstić information content (AvgIpc) is 3.52. The zero-order chi connectivity index (χ0) is 31.9. The van der Waals surface area contributed by atoms with E-state index in [-0.39, 0.29) is 54.5 Å². The van der Waals surface area contributed by atoms with E-state index in [9.17, 15) is 19.3 Å². The predicted octanol–water partition coefficient (Wildman–Crippen LogP) is 3.08. The molecule has 1 saturated heterocycles. The van der Waals surface area contributed by atoms with Gasteiger partial charge in [0.05, 0.1) is 50.4 Å². The second-order valence-corrected chi connectivity index (χ2v) is 14.0. The number of nitrogens with zero attached hydrogens (tertiary/aromatic N) is 4. The number of hydrogen-bond donors (Lipinski definition) is 3. The lowest BCUT2D eigenvalue weighted by Crippen LogP contribution is -2.36. The number of carbonyl (C=O) groups is 2. The summed E-state index contributed by atoms with van der Waals surface area (Å²) in [6, 6.07) is -1.01. The molecule has 2 aromatic heterocycles. The van der Waals surface area contributed by atoms with Crippen molar-refractivity contribution in [3.8, 4) is 5.88 Å². The summed E-state index contributed by atoms with van der Waals surface area (Å²) in [5, 5.41) is 11.8. The predicted molar refractivity (Wildman–Crippen MR) is 160 cm³/mol. The fraction of sp³-hybridized carbons (Fsp3) is 0.731. The largest absolute Gasteiger partial charge is 0.476 e. The van der Waals surface area contributed by atoms with Crippen LogP contribution in [0, 0.1) is 11.3 Å². The molecule has 0 bridgehead atoms. The number of rotatable bonds is 16. The molecule has 43 heavy (non-hydrogen) atoms. The Balaban J connectivity index is 1.69. The maximum Gasteiger partial charge on any atom is 0.406 e. The van der Waals surface area contributed by atoms with Gasteiger partial charge in [0.1, 0.15) is 12.3 Å². The Kier molecular flexibility index (Phi) is 12.3. The lowest BCUT2D eigenvalue weighted by molar-refractivity contribution is -0.149. The van der Waals surface area contributed by atoms with Gasteiger partial charge in [0.15, 0.2) is 16.3 Å². The van der Waals surface area contributed by atoms with Gasteiger partial charge >= 0.3 is 13.7 Å². The summed E-state index contributed by atoms with van der Waals surface area (Å²) in [5.74, 6) is -0.158. The molecular formula is C26H43N6O9PS. The van der Waals surface area contributed by atoms with E-state index in [1.807, 2.05) is 13.8 Å². The van der Waals surface area contributed by atoms with E-state index in [0.29, 0.717) is 24.2 Å². The Hall–Kier alpha value is -2.33. The molecule has 0 aromatic carbocycles. The maximum absolute atomic E-state index is 13.8. The van der Waals surface area contributed by atoms with Crippen molar-refractivity contribution in [2.75, 3.05) is 37.9 Å². The number of anilines is 1. The highest BCUT2D eigenvalue weighted by molar-refractivity contribution is 8.13. The molecule has 1 aliphatic rings. The normalized spacial score (nSPS) is 21.2. The molecule has 15 nitrogen and oxygen atoms in total. The molecule has 3 heterocycles. The first-order valence-electron chi connectivity index (χ1n) is 14.1. The molecular weight excluding hydrogens is 603 g/mol. The minimum Gasteiger partial charge on any atom is -0.476 e. The molecule has 1 aliphatic heterocycles. The molecule has 242 valence electrons. The van der Waals surface area contributed by atoms with Gasteiger partial charge in [-0.1, -0.05) is 18.7 Å². The zero-order valence-corrected chi connectivity index (χ0v) is 27.4. The second kappa shape index (κ2) is 15.1. The third kappa shape index (κ3) is 9.33. The summed E-state index contributed by atoms with van der Waals surface area (Å²) >= 11 is 0.949. The number of aliphatic hydroxyl groups excluding tert-OH is 1. The van der Waals surface area contributed by atoms with Gasteiger partial charge in [-0.05, 0) is 48.0 Å². The molecule has 0 saturated carbocycles. The molecule has 1 fully saturated rings. The number of aliphatic hydroxyl groups is 1. The number of carbonyl (C=O) groups excluding carboxylic acids is 2. The van der Waals surface area contributed by atoms with Crippen LogP contribution in [0.2, 0.25) is 0 Å². The number of aromatic nitrogens is 4. The van der Waals surface area contributed by atoms with Crippen LogP contribution in [0.1, 0.15) is 61.1 Å². The van der Waals surface area contributed by atoms with Crippen LogP contribution in [0.5, 0.6) is 5.88 Å². The first kappa shape index (κ1) is 35.2. The van der Waals surface area contributed by atoms with Gasteiger partial charge in [-0.2, -0.15) is 9.97 Å². The van der Waals surface area contributed by atoms with Crippen molar-refractivity contribution >= 4 is 47.7 Å². The minimum atomic E-state index is -4.07. The van der Waals surface area contributed by atoms with Crippen LogP contribution in [0.4, 0.5) is 5.95 Å². The molecule has 3 rings (SSSR count). The second-order valence-electron chi connectivity index (χ2n) is 11.1. The number of esters is 1. The van der Waals surface area contributed by atoms with Crippen molar-refractivity contribution in [3.63, 3.8) is 0 Å². The van der Waals surface area contributed by atoms with Crippen molar-refractivity contribution in [1.82, 2.24) is 24.6 Å². The van der Waals surface area contributed by atoms with E-state index in [1.165, 1.54) is 6.92 Å². The number of thioether (sulfide) groups is 1. The molecule has 0 unspecified atom stereocenters. The van der Waals surface area contributed by atoms with Gasteiger partial charge in [0.25, 0.3) is 0 Å². The Morgan fingerprint density at radius 2 is 2.02 bits per heavy atom. The quantitative estimate of drug-likeness (QED) is 0.136. The zero-order valence-electron chi connectivity index (χ0n) is 25.6. The SMILES string of the molecule is CCOc1nc(N)nc2c1ncn2[C@@H]1O[C@H](CO[P@](=O)(N[C@H](C)C(=O)OC(C)C)OCCSC(=O)C(C)(C)CO)C[C@@H]1C. The molecule has 0 spiro atoms. The smallest absolute Gasteiger partial charge is 0.406 e. The van der Waals surface area contributed by atoms with E-state index in [4.69, 9.17) is 29.0 Å². The lowest BCUT2D eigenvalue weighted by atomic mass is 9.97. The number of fused-ring (bicyclic) bond motifs is 1. The number of ether oxygens (including phenoxy) is 3. The van der Waals surface area contributed by atoms with E-state index < -0.39 is 37.5 Å². The fourth-order valence-electron chi connectivity index (χ4n) is 4.16. The van der Waals surface area contributed by atoms with E-state index in [0.717, 1.165) is 11.8 Å². The van der Waals surface area contributed by atoms with Crippen molar-refractivity contribution in [1.29, 1.82) is 0 Å². The molecule has 0 radical (unpaired) electrons. The molecule has 4 N–H and O–H groups in total. The fourth-order valence-corrected chi connectivity index (χ4v) is 6.59. The Morgan fingerprint density at radius 1 is 1.30 bits per heavy atom. The third-order valence-electron chi connectivity index (χ3n) is 6.43. The van der Waals surface area contributed by atoms with Gasteiger partial charge in [-0.25, -0.2) is 14.6 Å². The van der Waals surface area contributed by atoms with Crippen LogP contribution in [0.25, 0.3) is 11.2 Å². The van der Waals surface area contributed by atoms with Gasteiger partial charge < -0.3 is 25.1 Å². The van der Waals surface area contributed by atoms with Gasteiger partial charge in [-0.15, -0.1) is 0 Å². The highest BCUT2D eigenvalue weighted by Crippen LogP contribution is 2.46. The highest BCUT2D eigenvalue weighted by Gasteiger charge is 2.38. The summed E-state index contributed by atoms with van der Waals surface area (Å²) in [7, 11) is -4.07. The van der Waals surface area contributed by atoms with Gasteiger partial charge in [-0.3, -0.25) is 23.2 Å². The van der Waals surface area contributed by atoms with Crippen LogP contribution in [0.15, 0.2) is 6.33 Å². The summed E-state index contributed by atoms with van der Waals surface area (Å²) in [6.45, 7) is 11.8. The monoisotopic (exact) mass is 646 g/mol. The van der Waals surface area contributed by atoms with E-state index in [2.05, 4.69) is 20.0 Å². The molecule has 5 atom stereocenters. The van der Waals surface area contributed by atoms with Gasteiger partial charge in [0.2, 0.25) is 11.8 Å². The summed E-state index contributed by atoms with van der Waals surface area (Å²) < 4.78 is 43.9. The number of nitrogens with one attached hydrogen (secondary N) is 1. The molecule has 0 amide bonds. The van der Waals surface area contributed by atoms with Crippen LogP contribution >= 0.6 is 19.5 Å². The van der Waals surface area contributed by atoms with Crippen molar-refractivity contribution in [2.45, 2.75) is 79.4 Å². The third-order valence-corrected chi connectivity index (χ3v) is 9.33. The molecule has 2 aromatic rings. The van der Waals surface area contributed by atoms with Crippen molar-refractivity contribution < 1.29 is 42.5 Å². The molecule has 0 aliphatic carbocycles. The van der Waals surface area contributed by atoms with Crippen LogP contribution < -0.4 is 15.6 Å². The Labute approximate surface area is 255 Å². The standard InChI is InChI=1S/C26H43N6O9PS/c1-8-37-21-19-20(29-25(27)30-21)32(14-28-19)22-16(4)11-18(41-22)12-39-42(36,31-17(5)23(34)40-15(2)3)38-9-10-43-24(35)26(6,7)13-33/h14-18,22,33H,8-13H2,1-7H3,(H,31,36)(H2,27,29,30)/t16-,17+,18-,22+,42-/m0/s1. The van der Waals surface area contributed by atoms with Crippen LogP contribution in [0.3, 0.4) is 0 Å². The van der Waals surface area contributed by atoms with Crippen molar-refractivity contribution in [3.05, 3.63) is 6.33 Å². The number of nitrogen functional groups attached to an aromatic ring is 1. The summed E-state index contributed by atoms with van der Waals surface area (Å²) in [4.78, 5) is 37.6. The van der Waals surface area contributed by atoms with Crippen LogP contribution in [-0.2, 0) is 32.7 Å². The number of hydrogen-bond acceptors (Lipinski definition) is 14. The Morgan fingerprint density at radius 3 is 2.67 bits per heavy atom. The highest BCUT2D eigenvalue weighted by atomic mass is 32.2. The summed E-state index contributed by atoms with van der Waals surface area (Å²) in [6.07, 6.45) is 0.800. The number of nitrogens with two attached hydrogens (primary N) is 1. The van der Waals surface area contributed by atoms with E-state index in [1.54, 1.807) is 38.6 Å². The Bertz CT molecular complexity index is 1310. The van der Waals surface area contributed by atoms with Crippen LogP contribution in [-0.4, -0.2) is 86.1 Å².